The van der Waals surface area contributed by atoms with Crippen LogP contribution in [0.25, 0.3) is 28.0 Å². The number of imidazole rings is 3. The number of anilines is 1. The Balaban J connectivity index is 1.09. The van der Waals surface area contributed by atoms with Crippen LogP contribution in [-0.4, -0.2) is 95.0 Å². The monoisotopic (exact) mass is 662 g/mol. The minimum atomic E-state index is -3.84. The Morgan fingerprint density at radius 3 is 2.49 bits per heavy atom. The average Bonchev–Trinajstić information content (AvgIpc) is 3.77. The van der Waals surface area contributed by atoms with E-state index in [0.717, 1.165) is 0 Å². The zero-order valence-electron chi connectivity index (χ0n) is 24.1. The number of hydrogen-bond acceptors (Lipinski definition) is 14. The van der Waals surface area contributed by atoms with Gasteiger partial charge in [-0.3, -0.25) is 22.6 Å². The van der Waals surface area contributed by atoms with Crippen molar-refractivity contribution in [3.05, 3.63) is 37.7 Å². The molecule has 0 radical (unpaired) electrons. The summed E-state index contributed by atoms with van der Waals surface area (Å²) in [5.74, 6) is -0.156. The maximum atomic E-state index is 16.0. The smallest absolute Gasteiger partial charge is 0.328 e. The number of nitrogens with zero attached hydrogens (tertiary/aromatic N) is 9. The van der Waals surface area contributed by atoms with E-state index < -0.39 is 46.4 Å². The number of halogens is 1. The van der Waals surface area contributed by atoms with Crippen molar-refractivity contribution in [3.63, 3.8) is 0 Å². The number of ether oxygens (including phenoxy) is 1. The molecule has 20 heteroatoms. The molecule has 2 N–H and O–H groups in total. The normalized spacial score (nSPS) is 36.2. The lowest BCUT2D eigenvalue weighted by Crippen LogP contribution is -2.43. The van der Waals surface area contributed by atoms with Crippen LogP contribution in [0, 0.1) is 11.8 Å². The van der Waals surface area contributed by atoms with Gasteiger partial charge in [0.15, 0.2) is 40.7 Å². The number of fused-ring (bicyclic) bond motifs is 7. The Bertz CT molecular complexity index is 2020. The fraction of sp³-hybridized carbons (Fsp3) is 0.520. The van der Waals surface area contributed by atoms with Gasteiger partial charge in [-0.25, -0.2) is 34.3 Å². The van der Waals surface area contributed by atoms with E-state index in [0.29, 0.717) is 34.4 Å². The number of hydrogen-bond donors (Lipinski definition) is 1. The highest BCUT2D eigenvalue weighted by Crippen LogP contribution is 2.55. The molecule has 2 bridgehead atoms. The molecule has 1 aliphatic carbocycles. The van der Waals surface area contributed by atoms with Crippen LogP contribution in [-0.2, 0) is 32.0 Å². The maximum Gasteiger partial charge on any atom is 0.328 e. The zero-order chi connectivity index (χ0) is 31.1. The first-order valence-corrected chi connectivity index (χ1v) is 18.2. The van der Waals surface area contributed by atoms with Crippen molar-refractivity contribution in [2.45, 2.75) is 37.1 Å². The van der Waals surface area contributed by atoms with Gasteiger partial charge in [0.2, 0.25) is 0 Å². The summed E-state index contributed by atoms with van der Waals surface area (Å²) >= 11 is 0. The third-order valence-electron chi connectivity index (χ3n) is 8.69. The molecule has 5 aromatic heterocycles. The highest BCUT2D eigenvalue weighted by molar-refractivity contribution is 7.53. The molecular weight excluding hydrogens is 633 g/mol. The second-order valence-electron chi connectivity index (χ2n) is 11.5. The van der Waals surface area contributed by atoms with Crippen LogP contribution in [0.5, 0.6) is 0 Å². The van der Waals surface area contributed by atoms with Crippen LogP contribution in [0.15, 0.2) is 37.7 Å². The van der Waals surface area contributed by atoms with Gasteiger partial charge in [-0.2, -0.15) is 0 Å². The summed E-state index contributed by atoms with van der Waals surface area (Å²) in [6.45, 7) is 2.26. The summed E-state index contributed by atoms with van der Waals surface area (Å²) in [5, 5.41) is 0. The van der Waals surface area contributed by atoms with Crippen molar-refractivity contribution in [1.29, 1.82) is 0 Å². The first kappa shape index (κ1) is 29.1. The third-order valence-corrected chi connectivity index (χ3v) is 11.2. The standard InChI is InChI=1S/C25H29FN10O7P2/c1-44(37)40-7-14-13(5-15(14)35-11-31-18-21(27)29-9-30-23(18)35)6-39-45(2,38)43-20-17(26)16(8-41-44)42-25(20)36-12-32-19-22-28-3-4-34(22)10-33-24(19)36/h3-4,9-17,20,25H,5-8H2,1-2H3,(H2,27,29,30)/t13-,14-,15-,16-,17-,20-,25-,44?,45?/m1/s1. The molecule has 3 fully saturated rings. The van der Waals surface area contributed by atoms with Gasteiger partial charge in [0.25, 0.3) is 0 Å². The molecule has 0 amide bonds. The lowest BCUT2D eigenvalue weighted by atomic mass is 9.70. The molecule has 17 nitrogen and oxygen atoms in total. The zero-order valence-corrected chi connectivity index (χ0v) is 25.9. The Morgan fingerprint density at radius 2 is 1.62 bits per heavy atom. The van der Waals surface area contributed by atoms with Crippen molar-refractivity contribution >= 4 is 49.0 Å². The van der Waals surface area contributed by atoms with Gasteiger partial charge < -0.3 is 28.6 Å². The predicted octanol–water partition coefficient (Wildman–Crippen LogP) is 3.01. The lowest BCUT2D eigenvalue weighted by Gasteiger charge is -2.45. The molecule has 2 aliphatic heterocycles. The van der Waals surface area contributed by atoms with E-state index in [1.165, 1.54) is 30.6 Å². The van der Waals surface area contributed by atoms with E-state index >= 15 is 4.39 Å². The molecule has 0 aromatic carbocycles. The Hall–Kier alpha value is -3.37. The number of alkyl halides is 1. The molecule has 5 aromatic rings. The summed E-state index contributed by atoms with van der Waals surface area (Å²) in [6, 6.07) is -0.161. The van der Waals surface area contributed by atoms with Crippen LogP contribution in [0.2, 0.25) is 0 Å². The van der Waals surface area contributed by atoms with Gasteiger partial charge in [0.1, 0.15) is 30.4 Å². The van der Waals surface area contributed by atoms with Gasteiger partial charge >= 0.3 is 15.2 Å². The summed E-state index contributed by atoms with van der Waals surface area (Å²) in [7, 11) is -7.51. The topological polar surface area (TPSA) is 198 Å². The Morgan fingerprint density at radius 1 is 0.867 bits per heavy atom. The quantitative estimate of drug-likeness (QED) is 0.271. The molecule has 238 valence electrons. The number of nitrogens with two attached hydrogens (primary N) is 1. The van der Waals surface area contributed by atoms with Crippen LogP contribution in [0.3, 0.4) is 0 Å². The second-order valence-corrected chi connectivity index (χ2v) is 15.6. The van der Waals surface area contributed by atoms with Crippen molar-refractivity contribution in [2.75, 3.05) is 38.9 Å². The van der Waals surface area contributed by atoms with Crippen LogP contribution < -0.4 is 5.73 Å². The summed E-state index contributed by atoms with van der Waals surface area (Å²) in [5.41, 5.74) is 8.36. The molecule has 0 spiro atoms. The van der Waals surface area contributed by atoms with E-state index in [1.807, 2.05) is 4.57 Å². The van der Waals surface area contributed by atoms with Gasteiger partial charge in [-0.05, 0) is 12.3 Å². The molecule has 2 unspecified atom stereocenters. The minimum Gasteiger partial charge on any atom is -0.382 e. The fourth-order valence-electron chi connectivity index (χ4n) is 6.30. The van der Waals surface area contributed by atoms with Crippen molar-refractivity contribution < 1.29 is 36.4 Å². The van der Waals surface area contributed by atoms with Gasteiger partial charge in [0.05, 0.1) is 32.5 Å². The fourth-order valence-corrected chi connectivity index (χ4v) is 8.42. The Kier molecular flexibility index (Phi) is 6.84. The Labute approximate surface area is 254 Å². The van der Waals surface area contributed by atoms with Crippen molar-refractivity contribution in [2.24, 2.45) is 11.8 Å². The molecule has 45 heavy (non-hydrogen) atoms. The van der Waals surface area contributed by atoms with Crippen LogP contribution in [0.4, 0.5) is 10.2 Å². The highest BCUT2D eigenvalue weighted by Gasteiger charge is 2.52. The lowest BCUT2D eigenvalue weighted by molar-refractivity contribution is -0.0449. The summed E-state index contributed by atoms with van der Waals surface area (Å²) in [4.78, 5) is 25.9. The summed E-state index contributed by atoms with van der Waals surface area (Å²) < 4.78 is 77.5. The van der Waals surface area contributed by atoms with Crippen molar-refractivity contribution in [1.82, 2.24) is 43.4 Å². The SMILES string of the molecule is CP1(=O)OC[C@@H]2[C@@H](COP(C)(=O)O[C@@H]3[C@H](F)[C@@H](CO1)O[C@H]3n1cnc3c1ncn1ccnc31)C[C@H]2n1cnc2c(N)ncnc21. The molecule has 7 heterocycles. The molecular formula is C25H29FN10O7P2. The summed E-state index contributed by atoms with van der Waals surface area (Å²) in [6.07, 6.45) is 4.28. The minimum absolute atomic E-state index is 0.0168. The van der Waals surface area contributed by atoms with E-state index in [1.54, 1.807) is 29.4 Å². The second kappa shape index (κ2) is 10.6. The van der Waals surface area contributed by atoms with Crippen LogP contribution >= 0.6 is 15.2 Å². The van der Waals surface area contributed by atoms with Gasteiger partial charge in [-0.1, -0.05) is 0 Å². The number of nitrogen functional groups attached to an aromatic ring is 1. The number of rotatable bonds is 2. The molecule has 3 aliphatic rings. The maximum absolute atomic E-state index is 16.0. The first-order chi connectivity index (χ1) is 21.6. The predicted molar refractivity (Wildman–Crippen MR) is 155 cm³/mol. The third kappa shape index (κ3) is 4.95. The number of aromatic nitrogens is 9. The van der Waals surface area contributed by atoms with E-state index in [-0.39, 0.29) is 36.9 Å². The molecule has 9 atom stereocenters. The largest absolute Gasteiger partial charge is 0.382 e. The van der Waals surface area contributed by atoms with Crippen LogP contribution in [0.1, 0.15) is 18.7 Å². The molecule has 2 saturated heterocycles. The molecule has 1 saturated carbocycles. The highest BCUT2D eigenvalue weighted by atomic mass is 31.2. The van der Waals surface area contributed by atoms with Crippen molar-refractivity contribution in [3.8, 4) is 0 Å². The van der Waals surface area contributed by atoms with E-state index in [2.05, 4.69) is 29.9 Å². The van der Waals surface area contributed by atoms with E-state index in [4.69, 9.17) is 28.6 Å². The molecule has 8 rings (SSSR count). The van der Waals surface area contributed by atoms with E-state index in [9.17, 15) is 9.13 Å². The average molecular weight is 663 g/mol. The van der Waals surface area contributed by atoms with Gasteiger partial charge in [0, 0.05) is 37.7 Å². The first-order valence-electron chi connectivity index (χ1n) is 14.2. The van der Waals surface area contributed by atoms with Gasteiger partial charge in [-0.15, -0.1) is 0 Å².